The number of carbonyl (C=O) groups excluding carboxylic acids is 1. The average molecular weight is 239 g/mol. The van der Waals surface area contributed by atoms with Gasteiger partial charge >= 0.3 is 5.97 Å². The van der Waals surface area contributed by atoms with Gasteiger partial charge in [0.05, 0.1) is 19.4 Å². The molecule has 0 amide bonds. The van der Waals surface area contributed by atoms with Crippen molar-refractivity contribution >= 4 is 17.5 Å². The number of nitrogens with zero attached hydrogens (tertiary/aromatic N) is 2. The highest BCUT2D eigenvalue weighted by Gasteiger charge is 2.12. The van der Waals surface area contributed by atoms with Gasteiger partial charge in [-0.25, -0.2) is 9.78 Å². The van der Waals surface area contributed by atoms with E-state index >= 15 is 0 Å². The summed E-state index contributed by atoms with van der Waals surface area (Å²) in [6.07, 6.45) is 0. The number of nitrogen functional groups attached to an aromatic ring is 1. The number of aromatic nitrogens is 1. The molecule has 0 aliphatic rings. The highest BCUT2D eigenvalue weighted by Crippen LogP contribution is 2.19. The molecule has 0 bridgehead atoms. The van der Waals surface area contributed by atoms with Crippen LogP contribution >= 0.6 is 0 Å². The molecule has 1 heterocycles. The third kappa shape index (κ3) is 3.32. The number of esters is 1. The van der Waals surface area contributed by atoms with Gasteiger partial charge in [-0.2, -0.15) is 0 Å². The van der Waals surface area contributed by atoms with E-state index in [0.717, 1.165) is 0 Å². The zero-order valence-corrected chi connectivity index (χ0v) is 10.3. The molecule has 0 aromatic carbocycles. The number of pyridine rings is 1. The van der Waals surface area contributed by atoms with Gasteiger partial charge in [-0.3, -0.25) is 0 Å². The molecule has 1 aromatic heterocycles. The SMILES string of the molecule is COCCN(C)c1nc(C(=O)OC)ccc1N. The average Bonchev–Trinajstić information content (AvgIpc) is 2.35. The van der Waals surface area contributed by atoms with Crippen molar-refractivity contribution < 1.29 is 14.3 Å². The molecule has 0 radical (unpaired) electrons. The largest absolute Gasteiger partial charge is 0.464 e. The first kappa shape index (κ1) is 13.2. The van der Waals surface area contributed by atoms with Crippen LogP contribution in [0, 0.1) is 0 Å². The van der Waals surface area contributed by atoms with Crippen molar-refractivity contribution in [1.29, 1.82) is 0 Å². The Morgan fingerprint density at radius 2 is 2.18 bits per heavy atom. The van der Waals surface area contributed by atoms with E-state index in [0.29, 0.717) is 24.7 Å². The van der Waals surface area contributed by atoms with Crippen molar-refractivity contribution in [3.8, 4) is 0 Å². The van der Waals surface area contributed by atoms with Crippen LogP contribution in [0.3, 0.4) is 0 Å². The van der Waals surface area contributed by atoms with E-state index in [4.69, 9.17) is 10.5 Å². The fraction of sp³-hybridized carbons (Fsp3) is 0.455. The lowest BCUT2D eigenvalue weighted by molar-refractivity contribution is 0.0594. The van der Waals surface area contributed by atoms with Crippen molar-refractivity contribution in [3.05, 3.63) is 17.8 Å². The van der Waals surface area contributed by atoms with Crippen LogP contribution < -0.4 is 10.6 Å². The topological polar surface area (TPSA) is 77.7 Å². The minimum Gasteiger partial charge on any atom is -0.464 e. The predicted molar refractivity (Wildman–Crippen MR) is 65.1 cm³/mol. The quantitative estimate of drug-likeness (QED) is 0.755. The highest BCUT2D eigenvalue weighted by molar-refractivity contribution is 5.88. The smallest absolute Gasteiger partial charge is 0.356 e. The van der Waals surface area contributed by atoms with Crippen LogP contribution in [0.15, 0.2) is 12.1 Å². The van der Waals surface area contributed by atoms with E-state index in [1.807, 2.05) is 11.9 Å². The summed E-state index contributed by atoms with van der Waals surface area (Å²) < 4.78 is 9.58. The molecule has 6 heteroatoms. The van der Waals surface area contributed by atoms with Crippen LogP contribution in [0.2, 0.25) is 0 Å². The fourth-order valence-electron chi connectivity index (χ4n) is 1.32. The molecule has 0 aliphatic carbocycles. The zero-order valence-electron chi connectivity index (χ0n) is 10.3. The second-order valence-electron chi connectivity index (χ2n) is 3.52. The van der Waals surface area contributed by atoms with E-state index in [2.05, 4.69) is 9.72 Å². The van der Waals surface area contributed by atoms with Gasteiger partial charge in [-0.1, -0.05) is 0 Å². The first-order valence-corrected chi connectivity index (χ1v) is 5.15. The fourth-order valence-corrected chi connectivity index (χ4v) is 1.32. The Labute approximate surface area is 100 Å². The molecular formula is C11H17N3O3. The Bertz CT molecular complexity index is 396. The van der Waals surface area contributed by atoms with Crippen molar-refractivity contribution in [3.63, 3.8) is 0 Å². The molecular weight excluding hydrogens is 222 g/mol. The second kappa shape index (κ2) is 6.05. The van der Waals surface area contributed by atoms with Gasteiger partial charge in [0.15, 0.2) is 11.5 Å². The lowest BCUT2D eigenvalue weighted by Gasteiger charge is -2.19. The molecule has 0 aliphatic heterocycles. The van der Waals surface area contributed by atoms with Crippen LogP contribution in [0.25, 0.3) is 0 Å². The summed E-state index contributed by atoms with van der Waals surface area (Å²) in [7, 11) is 4.77. The summed E-state index contributed by atoms with van der Waals surface area (Å²) in [6, 6.07) is 3.17. The Balaban J connectivity index is 2.93. The number of methoxy groups -OCH3 is 2. The summed E-state index contributed by atoms with van der Waals surface area (Å²) in [5.74, 6) is 0.0661. The molecule has 0 atom stereocenters. The number of hydrogen-bond donors (Lipinski definition) is 1. The highest BCUT2D eigenvalue weighted by atomic mass is 16.5. The molecule has 1 aromatic rings. The standard InChI is InChI=1S/C11H17N3O3/c1-14(6-7-16-2)10-8(12)4-5-9(13-10)11(15)17-3/h4-5H,6-7,12H2,1-3H3. The maximum atomic E-state index is 11.3. The molecule has 0 saturated heterocycles. The van der Waals surface area contributed by atoms with Crippen LogP contribution in [0.5, 0.6) is 0 Å². The molecule has 1 rings (SSSR count). The molecule has 0 saturated carbocycles. The Morgan fingerprint density at radius 1 is 1.47 bits per heavy atom. The van der Waals surface area contributed by atoms with E-state index < -0.39 is 5.97 Å². The molecule has 0 spiro atoms. The van der Waals surface area contributed by atoms with Crippen molar-refractivity contribution in [1.82, 2.24) is 4.98 Å². The monoisotopic (exact) mass is 239 g/mol. The lowest BCUT2D eigenvalue weighted by atomic mass is 10.3. The summed E-state index contributed by atoms with van der Waals surface area (Å²) >= 11 is 0. The van der Waals surface area contributed by atoms with E-state index in [1.54, 1.807) is 13.2 Å². The molecule has 2 N–H and O–H groups in total. The number of hydrogen-bond acceptors (Lipinski definition) is 6. The minimum absolute atomic E-state index is 0.237. The molecule has 0 fully saturated rings. The number of carbonyl (C=O) groups is 1. The van der Waals surface area contributed by atoms with Gasteiger partial charge in [-0.15, -0.1) is 0 Å². The Kier molecular flexibility index (Phi) is 4.71. The van der Waals surface area contributed by atoms with Gasteiger partial charge in [0.25, 0.3) is 0 Å². The second-order valence-corrected chi connectivity index (χ2v) is 3.52. The maximum Gasteiger partial charge on any atom is 0.356 e. The van der Waals surface area contributed by atoms with Gasteiger partial charge < -0.3 is 20.1 Å². The Morgan fingerprint density at radius 3 is 2.76 bits per heavy atom. The predicted octanol–water partition coefficient (Wildman–Crippen LogP) is 0.533. The summed E-state index contributed by atoms with van der Waals surface area (Å²) in [5, 5.41) is 0. The lowest BCUT2D eigenvalue weighted by Crippen LogP contribution is -2.25. The van der Waals surface area contributed by atoms with Gasteiger partial charge in [0.2, 0.25) is 0 Å². The third-order valence-electron chi connectivity index (χ3n) is 2.29. The molecule has 94 valence electrons. The number of likely N-dealkylation sites (N-methyl/N-ethyl adjacent to an activating group) is 1. The summed E-state index contributed by atoms with van der Waals surface area (Å²) in [5.41, 5.74) is 6.55. The van der Waals surface area contributed by atoms with Crippen LogP contribution in [-0.2, 0) is 9.47 Å². The number of anilines is 2. The van der Waals surface area contributed by atoms with Crippen LogP contribution in [-0.4, -0.2) is 45.4 Å². The molecule has 0 unspecified atom stereocenters. The Hall–Kier alpha value is -1.82. The van der Waals surface area contributed by atoms with Crippen molar-refractivity contribution in [2.24, 2.45) is 0 Å². The summed E-state index contributed by atoms with van der Waals surface area (Å²) in [4.78, 5) is 17.3. The molecule has 6 nitrogen and oxygen atoms in total. The van der Waals surface area contributed by atoms with E-state index in [-0.39, 0.29) is 5.69 Å². The van der Waals surface area contributed by atoms with E-state index in [9.17, 15) is 4.79 Å². The van der Waals surface area contributed by atoms with Gasteiger partial charge in [0, 0.05) is 20.7 Å². The van der Waals surface area contributed by atoms with E-state index in [1.165, 1.54) is 13.2 Å². The minimum atomic E-state index is -0.480. The van der Waals surface area contributed by atoms with Crippen molar-refractivity contribution in [2.45, 2.75) is 0 Å². The normalized spacial score (nSPS) is 10.1. The first-order chi connectivity index (χ1) is 8.10. The zero-order chi connectivity index (χ0) is 12.8. The maximum absolute atomic E-state index is 11.3. The number of nitrogens with two attached hydrogens (primary N) is 1. The van der Waals surface area contributed by atoms with Crippen molar-refractivity contribution in [2.75, 3.05) is 45.1 Å². The van der Waals surface area contributed by atoms with Gasteiger partial charge in [-0.05, 0) is 12.1 Å². The van der Waals surface area contributed by atoms with Gasteiger partial charge in [0.1, 0.15) is 0 Å². The number of ether oxygens (including phenoxy) is 2. The summed E-state index contributed by atoms with van der Waals surface area (Å²) in [6.45, 7) is 1.19. The first-order valence-electron chi connectivity index (χ1n) is 5.15. The number of rotatable bonds is 5. The van der Waals surface area contributed by atoms with Crippen LogP contribution in [0.1, 0.15) is 10.5 Å². The molecule has 17 heavy (non-hydrogen) atoms. The van der Waals surface area contributed by atoms with Crippen LogP contribution in [0.4, 0.5) is 11.5 Å². The third-order valence-corrected chi connectivity index (χ3v) is 2.29.